The third kappa shape index (κ3) is 4.16. The van der Waals surface area contributed by atoms with E-state index in [9.17, 15) is 0 Å². The highest BCUT2D eigenvalue weighted by atomic mass is 32.2. The molecule has 0 aliphatic rings. The van der Waals surface area contributed by atoms with Crippen molar-refractivity contribution in [2.45, 2.75) is 18.7 Å². The predicted octanol–water partition coefficient (Wildman–Crippen LogP) is 1.25. The summed E-state index contributed by atoms with van der Waals surface area (Å²) in [5.41, 5.74) is 5.48. The molecule has 2 heteroatoms. The van der Waals surface area contributed by atoms with Crippen LogP contribution in [-0.2, 0) is 0 Å². The van der Waals surface area contributed by atoms with Crippen molar-refractivity contribution >= 4 is 11.8 Å². The van der Waals surface area contributed by atoms with Gasteiger partial charge in [-0.05, 0) is 12.2 Å². The second kappa shape index (κ2) is 4.47. The Hall–Kier alpha value is 0.310. The summed E-state index contributed by atoms with van der Waals surface area (Å²) < 4.78 is 0. The summed E-state index contributed by atoms with van der Waals surface area (Å²) in [5.74, 6) is 1.09. The molecule has 1 atom stereocenters. The maximum Gasteiger partial charge on any atom is 0.0507 e. The Labute approximate surface area is 49.7 Å². The van der Waals surface area contributed by atoms with Crippen LogP contribution in [0.5, 0.6) is 0 Å². The number of nitrogens with two attached hydrogens (primary N) is 1. The summed E-state index contributed by atoms with van der Waals surface area (Å²) >= 11 is 1.75. The van der Waals surface area contributed by atoms with Crippen molar-refractivity contribution in [3.63, 3.8) is 0 Å². The first-order chi connectivity index (χ1) is 3.31. The topological polar surface area (TPSA) is 26.0 Å². The van der Waals surface area contributed by atoms with Gasteiger partial charge in [-0.2, -0.15) is 0 Å². The minimum atomic E-state index is 0.255. The van der Waals surface area contributed by atoms with Gasteiger partial charge in [-0.3, -0.25) is 0 Å². The molecule has 1 radical (unpaired) electrons. The summed E-state index contributed by atoms with van der Waals surface area (Å²) in [6.45, 7) is 5.76. The summed E-state index contributed by atoms with van der Waals surface area (Å²) in [6.07, 6.45) is 0.832. The van der Waals surface area contributed by atoms with E-state index >= 15 is 0 Å². The van der Waals surface area contributed by atoms with Gasteiger partial charge < -0.3 is 5.73 Å². The third-order valence-electron chi connectivity index (χ3n) is 0.665. The lowest BCUT2D eigenvalue weighted by Crippen LogP contribution is -2.13. The van der Waals surface area contributed by atoms with Gasteiger partial charge in [0.2, 0.25) is 0 Å². The van der Waals surface area contributed by atoms with E-state index in [0.29, 0.717) is 0 Å². The van der Waals surface area contributed by atoms with Crippen molar-refractivity contribution in [3.8, 4) is 0 Å². The molecular weight excluding hydrogens is 106 g/mol. The van der Waals surface area contributed by atoms with Crippen LogP contribution in [0.15, 0.2) is 0 Å². The Balaban J connectivity index is 2.83. The molecule has 43 valence electrons. The van der Waals surface area contributed by atoms with Crippen LogP contribution in [0, 0.1) is 6.92 Å². The first-order valence-corrected chi connectivity index (χ1v) is 3.52. The van der Waals surface area contributed by atoms with Gasteiger partial charge in [-0.25, -0.2) is 0 Å². The fourth-order valence-corrected chi connectivity index (χ4v) is 0.892. The van der Waals surface area contributed by atoms with E-state index in [1.54, 1.807) is 11.8 Å². The van der Waals surface area contributed by atoms with E-state index in [4.69, 9.17) is 5.73 Å². The Morgan fingerprint density at radius 1 is 1.86 bits per heavy atom. The molecule has 0 aromatic heterocycles. The average Bonchev–Trinajstić information content (AvgIpc) is 1.68. The van der Waals surface area contributed by atoms with Gasteiger partial charge in [0.15, 0.2) is 0 Å². The van der Waals surface area contributed by atoms with Crippen LogP contribution in [-0.4, -0.2) is 11.1 Å². The second-order valence-corrected chi connectivity index (χ2v) is 2.80. The first kappa shape index (κ1) is 7.31. The van der Waals surface area contributed by atoms with E-state index in [2.05, 4.69) is 13.8 Å². The highest BCUT2D eigenvalue weighted by Gasteiger charge is 1.93. The molecule has 0 aliphatic carbocycles. The van der Waals surface area contributed by atoms with E-state index in [1.807, 2.05) is 0 Å². The molecular formula is C5H12NS. The zero-order valence-corrected chi connectivity index (χ0v) is 5.50. The number of thioether (sulfide) groups is 1. The molecule has 0 saturated carbocycles. The molecule has 2 N–H and O–H groups in total. The lowest BCUT2D eigenvalue weighted by molar-refractivity contribution is 0.931. The maximum absolute atomic E-state index is 5.48. The summed E-state index contributed by atoms with van der Waals surface area (Å²) in [5, 5.41) is 0.255. The molecule has 0 aromatic carbocycles. The van der Waals surface area contributed by atoms with Crippen molar-refractivity contribution in [2.75, 3.05) is 5.75 Å². The first-order valence-electron chi connectivity index (χ1n) is 2.47. The smallest absolute Gasteiger partial charge is 0.0507 e. The Bertz CT molecular complexity index is 39.1. The molecule has 7 heavy (non-hydrogen) atoms. The molecule has 0 spiro atoms. The molecule has 0 aliphatic heterocycles. The number of rotatable bonds is 3. The number of hydrogen-bond donors (Lipinski definition) is 1. The lowest BCUT2D eigenvalue weighted by atomic mass is 10.5. The van der Waals surface area contributed by atoms with Crippen LogP contribution < -0.4 is 5.73 Å². The molecule has 0 fully saturated rings. The van der Waals surface area contributed by atoms with Gasteiger partial charge in [0.25, 0.3) is 0 Å². The standard InChI is InChI=1S/C5H12NS/c1-3-5(6)7-4-2/h5H,1,3-4,6H2,2H3. The Kier molecular flexibility index (Phi) is 4.67. The minimum absolute atomic E-state index is 0.255. The summed E-state index contributed by atoms with van der Waals surface area (Å²) in [7, 11) is 0. The molecule has 1 unspecified atom stereocenters. The average molecular weight is 118 g/mol. The van der Waals surface area contributed by atoms with Crippen molar-refractivity contribution in [1.29, 1.82) is 0 Å². The van der Waals surface area contributed by atoms with Crippen LogP contribution in [0.3, 0.4) is 0 Å². The summed E-state index contributed by atoms with van der Waals surface area (Å²) in [6, 6.07) is 0. The predicted molar refractivity (Wildman–Crippen MR) is 36.1 cm³/mol. The van der Waals surface area contributed by atoms with E-state index in [-0.39, 0.29) is 5.37 Å². The fourth-order valence-electron chi connectivity index (χ4n) is 0.297. The fraction of sp³-hybridized carbons (Fsp3) is 0.800. The Morgan fingerprint density at radius 3 is 2.57 bits per heavy atom. The quantitative estimate of drug-likeness (QED) is 0.564. The minimum Gasteiger partial charge on any atom is -0.319 e. The van der Waals surface area contributed by atoms with Crippen molar-refractivity contribution in [3.05, 3.63) is 6.92 Å². The molecule has 0 rings (SSSR count). The van der Waals surface area contributed by atoms with Crippen LogP contribution in [0.4, 0.5) is 0 Å². The molecule has 0 saturated heterocycles. The van der Waals surface area contributed by atoms with Gasteiger partial charge in [-0.15, -0.1) is 11.8 Å². The molecule has 0 heterocycles. The van der Waals surface area contributed by atoms with E-state index < -0.39 is 0 Å². The van der Waals surface area contributed by atoms with Gasteiger partial charge in [0.1, 0.15) is 0 Å². The normalized spacial score (nSPS) is 14.1. The van der Waals surface area contributed by atoms with Crippen LogP contribution in [0.25, 0.3) is 0 Å². The zero-order valence-electron chi connectivity index (χ0n) is 4.68. The van der Waals surface area contributed by atoms with Crippen LogP contribution >= 0.6 is 11.8 Å². The molecule has 1 nitrogen and oxygen atoms in total. The van der Waals surface area contributed by atoms with Gasteiger partial charge >= 0.3 is 0 Å². The zero-order chi connectivity index (χ0) is 5.70. The van der Waals surface area contributed by atoms with Gasteiger partial charge in [0, 0.05) is 0 Å². The number of hydrogen-bond acceptors (Lipinski definition) is 2. The monoisotopic (exact) mass is 118 g/mol. The largest absolute Gasteiger partial charge is 0.319 e. The molecule has 0 bridgehead atoms. The van der Waals surface area contributed by atoms with Gasteiger partial charge in [0.05, 0.1) is 5.37 Å². The maximum atomic E-state index is 5.48. The highest BCUT2D eigenvalue weighted by Crippen LogP contribution is 2.05. The van der Waals surface area contributed by atoms with Crippen molar-refractivity contribution < 1.29 is 0 Å². The SMILES string of the molecule is [CH2]CC(N)SCC. The third-order valence-corrected chi connectivity index (χ3v) is 1.66. The summed E-state index contributed by atoms with van der Waals surface area (Å²) in [4.78, 5) is 0. The Morgan fingerprint density at radius 2 is 2.43 bits per heavy atom. The molecule has 0 aromatic rings. The van der Waals surface area contributed by atoms with Crippen LogP contribution in [0.1, 0.15) is 13.3 Å². The highest BCUT2D eigenvalue weighted by molar-refractivity contribution is 7.99. The second-order valence-electron chi connectivity index (χ2n) is 1.28. The van der Waals surface area contributed by atoms with E-state index in [1.165, 1.54) is 0 Å². The van der Waals surface area contributed by atoms with Crippen molar-refractivity contribution in [2.24, 2.45) is 5.73 Å². The van der Waals surface area contributed by atoms with Gasteiger partial charge in [-0.1, -0.05) is 13.8 Å². The van der Waals surface area contributed by atoms with E-state index in [0.717, 1.165) is 12.2 Å². The lowest BCUT2D eigenvalue weighted by Gasteiger charge is -2.02. The van der Waals surface area contributed by atoms with Crippen LogP contribution in [0.2, 0.25) is 0 Å². The van der Waals surface area contributed by atoms with Crippen molar-refractivity contribution in [1.82, 2.24) is 0 Å². The molecule has 0 amide bonds.